The summed E-state index contributed by atoms with van der Waals surface area (Å²) in [5.41, 5.74) is 0. The summed E-state index contributed by atoms with van der Waals surface area (Å²) in [5.74, 6) is 0. The quantitative estimate of drug-likeness (QED) is 0.584. The van der Waals surface area contributed by atoms with Crippen molar-refractivity contribution in [1.29, 1.82) is 0 Å². The first-order valence-electron chi connectivity index (χ1n) is 5.01. The lowest BCUT2D eigenvalue weighted by molar-refractivity contribution is -0.0533. The van der Waals surface area contributed by atoms with Gasteiger partial charge in [0.1, 0.15) is 0 Å². The van der Waals surface area contributed by atoms with Crippen LogP contribution in [0.2, 0.25) is 0 Å². The van der Waals surface area contributed by atoms with Gasteiger partial charge in [0.25, 0.3) is 0 Å². The zero-order valence-corrected chi connectivity index (χ0v) is 9.21. The second-order valence-electron chi connectivity index (χ2n) is 3.07. The lowest BCUT2D eigenvalue weighted by atomic mass is 10.4. The molecule has 3 heteroatoms. The van der Waals surface area contributed by atoms with E-state index in [1.165, 1.54) is 0 Å². The monoisotopic (exact) mass is 190 g/mol. The van der Waals surface area contributed by atoms with Crippen LogP contribution < -0.4 is 0 Å². The fourth-order valence-corrected chi connectivity index (χ4v) is 0.964. The van der Waals surface area contributed by atoms with E-state index in [-0.39, 0.29) is 12.2 Å². The lowest BCUT2D eigenvalue weighted by Crippen LogP contribution is -2.23. The van der Waals surface area contributed by atoms with E-state index in [4.69, 9.17) is 14.2 Å². The minimum Gasteiger partial charge on any atom is -0.379 e. The molecule has 0 aromatic heterocycles. The lowest BCUT2D eigenvalue weighted by Gasteiger charge is -2.16. The highest BCUT2D eigenvalue weighted by atomic mass is 16.6. The molecule has 2 atom stereocenters. The number of hydrogen-bond donors (Lipinski definition) is 0. The van der Waals surface area contributed by atoms with Crippen molar-refractivity contribution in [2.24, 2.45) is 0 Å². The van der Waals surface area contributed by atoms with Gasteiger partial charge in [-0.2, -0.15) is 0 Å². The first kappa shape index (κ1) is 12.9. The molecule has 0 aromatic carbocycles. The van der Waals surface area contributed by atoms with Crippen molar-refractivity contribution in [1.82, 2.24) is 0 Å². The van der Waals surface area contributed by atoms with Gasteiger partial charge < -0.3 is 14.2 Å². The predicted octanol–water partition coefficient (Wildman–Crippen LogP) is 1.85. The predicted molar refractivity (Wildman–Crippen MR) is 53.0 cm³/mol. The highest BCUT2D eigenvalue weighted by molar-refractivity contribution is 4.51. The molecule has 0 fully saturated rings. The van der Waals surface area contributed by atoms with Crippen molar-refractivity contribution in [3.05, 3.63) is 0 Å². The van der Waals surface area contributed by atoms with E-state index in [0.717, 1.165) is 13.2 Å². The highest BCUT2D eigenvalue weighted by Gasteiger charge is 2.05. The van der Waals surface area contributed by atoms with Gasteiger partial charge in [-0.1, -0.05) is 0 Å². The van der Waals surface area contributed by atoms with Gasteiger partial charge >= 0.3 is 0 Å². The van der Waals surface area contributed by atoms with Crippen molar-refractivity contribution in [3.8, 4) is 0 Å². The average molecular weight is 190 g/mol. The van der Waals surface area contributed by atoms with Crippen LogP contribution in [-0.4, -0.2) is 38.6 Å². The van der Waals surface area contributed by atoms with Crippen molar-refractivity contribution < 1.29 is 14.2 Å². The molecule has 0 saturated carbocycles. The third-order valence-corrected chi connectivity index (χ3v) is 1.62. The Labute approximate surface area is 81.4 Å². The molecule has 3 nitrogen and oxygen atoms in total. The minimum absolute atomic E-state index is 0.155. The molecule has 0 aromatic rings. The van der Waals surface area contributed by atoms with Crippen LogP contribution in [0.1, 0.15) is 27.7 Å². The standard InChI is InChI=1S/C10H22O3/c1-5-11-7-9(3)13-8-10(4)12-6-2/h9-10H,5-8H2,1-4H3/t9-,10-/m0/s1. The van der Waals surface area contributed by atoms with Gasteiger partial charge in [-0.15, -0.1) is 0 Å². The average Bonchev–Trinajstić information content (AvgIpc) is 2.12. The van der Waals surface area contributed by atoms with Crippen LogP contribution in [-0.2, 0) is 14.2 Å². The summed E-state index contributed by atoms with van der Waals surface area (Å²) in [4.78, 5) is 0. The van der Waals surface area contributed by atoms with E-state index in [0.29, 0.717) is 13.2 Å². The van der Waals surface area contributed by atoms with Crippen molar-refractivity contribution in [2.75, 3.05) is 26.4 Å². The maximum Gasteiger partial charge on any atom is 0.0781 e. The number of hydrogen-bond acceptors (Lipinski definition) is 3. The van der Waals surface area contributed by atoms with E-state index in [2.05, 4.69) is 0 Å². The summed E-state index contributed by atoms with van der Waals surface area (Å²) in [6.07, 6.45) is 0.330. The van der Waals surface area contributed by atoms with Crippen LogP contribution in [0.4, 0.5) is 0 Å². The first-order valence-corrected chi connectivity index (χ1v) is 5.01. The topological polar surface area (TPSA) is 27.7 Å². The van der Waals surface area contributed by atoms with Gasteiger partial charge in [0.2, 0.25) is 0 Å². The third-order valence-electron chi connectivity index (χ3n) is 1.62. The highest BCUT2D eigenvalue weighted by Crippen LogP contribution is 1.97. The maximum absolute atomic E-state index is 5.51. The van der Waals surface area contributed by atoms with Crippen molar-refractivity contribution in [2.45, 2.75) is 39.9 Å². The van der Waals surface area contributed by atoms with E-state index in [9.17, 15) is 0 Å². The van der Waals surface area contributed by atoms with E-state index >= 15 is 0 Å². The van der Waals surface area contributed by atoms with Crippen LogP contribution in [0.5, 0.6) is 0 Å². The van der Waals surface area contributed by atoms with Gasteiger partial charge in [-0.25, -0.2) is 0 Å². The number of ether oxygens (including phenoxy) is 3. The normalized spacial score (nSPS) is 15.7. The smallest absolute Gasteiger partial charge is 0.0781 e. The summed E-state index contributed by atoms with van der Waals surface area (Å²) < 4.78 is 16.1. The molecule has 0 heterocycles. The van der Waals surface area contributed by atoms with Crippen LogP contribution in [0.25, 0.3) is 0 Å². The van der Waals surface area contributed by atoms with Gasteiger partial charge in [-0.3, -0.25) is 0 Å². The van der Waals surface area contributed by atoms with Gasteiger partial charge in [0, 0.05) is 13.2 Å². The summed E-state index contributed by atoms with van der Waals surface area (Å²) >= 11 is 0. The van der Waals surface area contributed by atoms with E-state index in [1.807, 2.05) is 27.7 Å². The summed E-state index contributed by atoms with van der Waals surface area (Å²) in [6.45, 7) is 10.8. The first-order chi connectivity index (χ1) is 6.20. The van der Waals surface area contributed by atoms with Crippen molar-refractivity contribution >= 4 is 0 Å². The molecule has 0 aliphatic heterocycles. The van der Waals surface area contributed by atoms with Crippen LogP contribution >= 0.6 is 0 Å². The summed E-state index contributed by atoms with van der Waals surface area (Å²) in [5, 5.41) is 0. The Kier molecular flexibility index (Phi) is 8.40. The molecule has 0 rings (SSSR count). The van der Waals surface area contributed by atoms with Gasteiger partial charge in [-0.05, 0) is 27.7 Å². The SMILES string of the molecule is CCOC[C@H](C)OC[C@H](C)OCC. The molecule has 0 unspecified atom stereocenters. The zero-order chi connectivity index (χ0) is 10.1. The van der Waals surface area contributed by atoms with E-state index < -0.39 is 0 Å². The molecule has 0 bridgehead atoms. The van der Waals surface area contributed by atoms with Crippen LogP contribution in [0.3, 0.4) is 0 Å². The second kappa shape index (κ2) is 8.48. The zero-order valence-electron chi connectivity index (χ0n) is 9.21. The largest absolute Gasteiger partial charge is 0.379 e. The molecular formula is C10H22O3. The Morgan fingerprint density at radius 1 is 0.846 bits per heavy atom. The van der Waals surface area contributed by atoms with Crippen molar-refractivity contribution in [3.63, 3.8) is 0 Å². The summed E-state index contributed by atoms with van der Waals surface area (Å²) in [7, 11) is 0. The second-order valence-corrected chi connectivity index (χ2v) is 3.07. The Morgan fingerprint density at radius 3 is 2.00 bits per heavy atom. The fraction of sp³-hybridized carbons (Fsp3) is 1.00. The molecule has 13 heavy (non-hydrogen) atoms. The molecule has 0 N–H and O–H groups in total. The minimum atomic E-state index is 0.155. The molecule has 0 radical (unpaired) electrons. The molecule has 0 aliphatic carbocycles. The molecule has 0 amide bonds. The molecule has 80 valence electrons. The van der Waals surface area contributed by atoms with Gasteiger partial charge in [0.05, 0.1) is 25.4 Å². The van der Waals surface area contributed by atoms with Gasteiger partial charge in [0.15, 0.2) is 0 Å². The summed E-state index contributed by atoms with van der Waals surface area (Å²) in [6, 6.07) is 0. The Morgan fingerprint density at radius 2 is 1.46 bits per heavy atom. The van der Waals surface area contributed by atoms with Crippen LogP contribution in [0.15, 0.2) is 0 Å². The van der Waals surface area contributed by atoms with Crippen LogP contribution in [0, 0.1) is 0 Å². The number of rotatable bonds is 8. The Balaban J connectivity index is 3.29. The molecule has 0 spiro atoms. The Bertz CT molecular complexity index is 106. The molecular weight excluding hydrogens is 168 g/mol. The third kappa shape index (κ3) is 8.22. The molecule has 0 saturated heterocycles. The fourth-order valence-electron chi connectivity index (χ4n) is 0.964. The molecule has 0 aliphatic rings. The van der Waals surface area contributed by atoms with E-state index in [1.54, 1.807) is 0 Å². The maximum atomic E-state index is 5.51. The Hall–Kier alpha value is -0.120.